The molecule has 8 nitrogen and oxygen atoms in total. The predicted octanol–water partition coefficient (Wildman–Crippen LogP) is 2.34. The van der Waals surface area contributed by atoms with Crippen LogP contribution in [0.5, 0.6) is 11.5 Å². The summed E-state index contributed by atoms with van der Waals surface area (Å²) in [5.74, 6) is 6.40. The van der Waals surface area contributed by atoms with Gasteiger partial charge in [-0.25, -0.2) is 0 Å². The Morgan fingerprint density at radius 1 is 1.14 bits per heavy atom. The number of nitrogens with zero attached hydrogens (tertiary/aromatic N) is 2. The molecule has 0 aromatic heterocycles. The first kappa shape index (κ1) is 20.8. The average Bonchev–Trinajstić information content (AvgIpc) is 2.67. The standard InChI is InChI=1S/C20H26N4O4S/c1-15-10-18(27-13-16-6-8-24(9-7-16)14-23-22)12-19(11-15)28-29(25,26)20-4-2-17(21)3-5-20/h2-5,10-12,14,16H,6-9,13,21-22H2,1H3. The molecular formula is C20H26N4O4S. The van der Waals surface area contributed by atoms with Crippen molar-refractivity contribution in [3.8, 4) is 11.5 Å². The Morgan fingerprint density at radius 3 is 2.45 bits per heavy atom. The highest BCUT2D eigenvalue weighted by atomic mass is 32.2. The molecule has 156 valence electrons. The van der Waals surface area contributed by atoms with Gasteiger partial charge in [-0.2, -0.15) is 13.5 Å². The number of ether oxygens (including phenoxy) is 1. The zero-order valence-corrected chi connectivity index (χ0v) is 17.1. The molecule has 0 unspecified atom stereocenters. The molecule has 1 heterocycles. The van der Waals surface area contributed by atoms with Crippen LogP contribution in [0.1, 0.15) is 18.4 Å². The third kappa shape index (κ3) is 5.77. The number of rotatable bonds is 7. The Balaban J connectivity index is 1.63. The summed E-state index contributed by atoms with van der Waals surface area (Å²) in [5.41, 5.74) is 6.94. The first-order valence-corrected chi connectivity index (χ1v) is 10.8. The third-order valence-electron chi connectivity index (χ3n) is 4.76. The summed E-state index contributed by atoms with van der Waals surface area (Å²) >= 11 is 0. The van der Waals surface area contributed by atoms with Crippen LogP contribution in [-0.4, -0.2) is 39.4 Å². The summed E-state index contributed by atoms with van der Waals surface area (Å²) in [6.45, 7) is 4.19. The maximum atomic E-state index is 12.5. The van der Waals surface area contributed by atoms with Crippen LogP contribution in [0.25, 0.3) is 0 Å². The zero-order chi connectivity index (χ0) is 20.9. The van der Waals surface area contributed by atoms with Crippen LogP contribution < -0.4 is 20.5 Å². The lowest BCUT2D eigenvalue weighted by molar-refractivity contribution is 0.183. The first-order valence-electron chi connectivity index (χ1n) is 9.37. The topological polar surface area (TPSA) is 120 Å². The van der Waals surface area contributed by atoms with Crippen LogP contribution in [0.2, 0.25) is 0 Å². The zero-order valence-electron chi connectivity index (χ0n) is 16.3. The number of aryl methyl sites for hydroxylation is 1. The summed E-state index contributed by atoms with van der Waals surface area (Å²) in [6, 6.07) is 11.0. The highest BCUT2D eigenvalue weighted by molar-refractivity contribution is 7.87. The number of benzene rings is 2. The van der Waals surface area contributed by atoms with Gasteiger partial charge in [-0.15, -0.1) is 0 Å². The van der Waals surface area contributed by atoms with E-state index in [0.29, 0.717) is 24.0 Å². The van der Waals surface area contributed by atoms with Gasteiger partial charge < -0.3 is 25.4 Å². The fourth-order valence-corrected chi connectivity index (χ4v) is 4.11. The van der Waals surface area contributed by atoms with Crippen molar-refractivity contribution in [2.45, 2.75) is 24.7 Å². The largest absolute Gasteiger partial charge is 0.493 e. The molecule has 0 radical (unpaired) electrons. The van der Waals surface area contributed by atoms with E-state index in [1.165, 1.54) is 24.3 Å². The van der Waals surface area contributed by atoms with Gasteiger partial charge in [0.25, 0.3) is 0 Å². The molecule has 0 aliphatic carbocycles. The minimum Gasteiger partial charge on any atom is -0.493 e. The molecule has 29 heavy (non-hydrogen) atoms. The molecule has 0 saturated carbocycles. The lowest BCUT2D eigenvalue weighted by atomic mass is 9.98. The van der Waals surface area contributed by atoms with Gasteiger partial charge in [0, 0.05) is 24.8 Å². The van der Waals surface area contributed by atoms with Crippen molar-refractivity contribution < 1.29 is 17.3 Å². The molecule has 1 aliphatic heterocycles. The maximum Gasteiger partial charge on any atom is 0.339 e. The smallest absolute Gasteiger partial charge is 0.339 e. The lowest BCUT2D eigenvalue weighted by Gasteiger charge is -2.30. The lowest BCUT2D eigenvalue weighted by Crippen LogP contribution is -2.34. The second kappa shape index (κ2) is 9.04. The van der Waals surface area contributed by atoms with Gasteiger partial charge in [-0.05, 0) is 67.6 Å². The molecule has 0 spiro atoms. The van der Waals surface area contributed by atoms with Gasteiger partial charge in [0.2, 0.25) is 0 Å². The fraction of sp³-hybridized carbons (Fsp3) is 0.350. The number of nitrogen functional groups attached to an aromatic ring is 1. The molecule has 0 bridgehead atoms. The second-order valence-corrected chi connectivity index (χ2v) is 8.69. The van der Waals surface area contributed by atoms with Crippen molar-refractivity contribution in [1.82, 2.24) is 4.90 Å². The Bertz CT molecular complexity index is 953. The van der Waals surface area contributed by atoms with E-state index in [0.717, 1.165) is 31.5 Å². The molecule has 9 heteroatoms. The van der Waals surface area contributed by atoms with E-state index in [1.54, 1.807) is 18.5 Å². The van der Waals surface area contributed by atoms with Crippen molar-refractivity contribution in [1.29, 1.82) is 0 Å². The predicted molar refractivity (Wildman–Crippen MR) is 112 cm³/mol. The first-order chi connectivity index (χ1) is 13.9. The van der Waals surface area contributed by atoms with E-state index in [9.17, 15) is 8.42 Å². The molecule has 4 N–H and O–H groups in total. The number of nitrogens with two attached hydrogens (primary N) is 2. The quantitative estimate of drug-likeness (QED) is 0.177. The second-order valence-electron chi connectivity index (χ2n) is 7.14. The van der Waals surface area contributed by atoms with Crippen LogP contribution in [0.3, 0.4) is 0 Å². The number of hydrazone groups is 1. The van der Waals surface area contributed by atoms with E-state index in [-0.39, 0.29) is 10.6 Å². The molecule has 1 fully saturated rings. The van der Waals surface area contributed by atoms with E-state index in [1.807, 2.05) is 13.0 Å². The summed E-state index contributed by atoms with van der Waals surface area (Å²) in [7, 11) is -3.95. The minimum absolute atomic E-state index is 0.0449. The Hall–Kier alpha value is -2.94. The maximum absolute atomic E-state index is 12.5. The molecule has 2 aromatic carbocycles. The van der Waals surface area contributed by atoms with E-state index in [2.05, 4.69) is 10.0 Å². The minimum atomic E-state index is -3.95. The van der Waals surface area contributed by atoms with Crippen LogP contribution >= 0.6 is 0 Å². The third-order valence-corrected chi connectivity index (χ3v) is 6.03. The highest BCUT2D eigenvalue weighted by Gasteiger charge is 2.20. The van der Waals surface area contributed by atoms with Crippen molar-refractivity contribution in [3.05, 3.63) is 48.0 Å². The normalized spacial score (nSPS) is 15.6. The monoisotopic (exact) mass is 418 g/mol. The number of hydrogen-bond donors (Lipinski definition) is 2. The Morgan fingerprint density at radius 2 is 1.79 bits per heavy atom. The average molecular weight is 419 g/mol. The SMILES string of the molecule is Cc1cc(OCC2CCN(C=NN)CC2)cc(OS(=O)(=O)c2ccc(N)cc2)c1. The van der Waals surface area contributed by atoms with Gasteiger partial charge in [0.05, 0.1) is 6.61 Å². The van der Waals surface area contributed by atoms with E-state index in [4.69, 9.17) is 20.5 Å². The van der Waals surface area contributed by atoms with Gasteiger partial charge in [-0.3, -0.25) is 0 Å². The number of hydrogen-bond acceptors (Lipinski definition) is 7. The molecular weight excluding hydrogens is 392 g/mol. The van der Waals surface area contributed by atoms with E-state index >= 15 is 0 Å². The van der Waals surface area contributed by atoms with Crippen molar-refractivity contribution in [2.24, 2.45) is 16.9 Å². The summed E-state index contributed by atoms with van der Waals surface area (Å²) in [4.78, 5) is 2.13. The number of likely N-dealkylation sites (tertiary alicyclic amines) is 1. The van der Waals surface area contributed by atoms with Crippen LogP contribution in [-0.2, 0) is 10.1 Å². The molecule has 1 aliphatic rings. The Labute approximate surface area is 171 Å². The van der Waals surface area contributed by atoms with Crippen molar-refractivity contribution in [3.63, 3.8) is 0 Å². The van der Waals surface area contributed by atoms with Crippen molar-refractivity contribution in [2.75, 3.05) is 25.4 Å². The van der Waals surface area contributed by atoms with Crippen molar-refractivity contribution >= 4 is 22.1 Å². The fourth-order valence-electron chi connectivity index (χ4n) is 3.20. The van der Waals surface area contributed by atoms with Gasteiger partial charge in [0.1, 0.15) is 22.7 Å². The molecule has 3 rings (SSSR count). The van der Waals surface area contributed by atoms with Gasteiger partial charge >= 0.3 is 10.1 Å². The summed E-state index contributed by atoms with van der Waals surface area (Å²) in [5, 5.41) is 3.55. The van der Waals surface area contributed by atoms with Crippen LogP contribution in [0, 0.1) is 12.8 Å². The van der Waals surface area contributed by atoms with Gasteiger partial charge in [-0.1, -0.05) is 0 Å². The molecule has 2 aromatic rings. The Kier molecular flexibility index (Phi) is 6.48. The molecule has 1 saturated heterocycles. The van der Waals surface area contributed by atoms with Gasteiger partial charge in [0.15, 0.2) is 0 Å². The highest BCUT2D eigenvalue weighted by Crippen LogP contribution is 2.27. The summed E-state index contributed by atoms with van der Waals surface area (Å²) < 4.78 is 36.2. The van der Waals surface area contributed by atoms with E-state index < -0.39 is 10.1 Å². The summed E-state index contributed by atoms with van der Waals surface area (Å²) in [6.07, 6.45) is 3.61. The molecule has 0 atom stereocenters. The molecule has 0 amide bonds. The van der Waals surface area contributed by atoms with Crippen LogP contribution in [0.15, 0.2) is 52.5 Å². The number of piperidine rings is 1. The number of anilines is 1. The van der Waals surface area contributed by atoms with Crippen LogP contribution in [0.4, 0.5) is 5.69 Å².